The van der Waals surface area contributed by atoms with E-state index in [1.54, 1.807) is 0 Å². The molecule has 2 atom stereocenters. The highest BCUT2D eigenvalue weighted by molar-refractivity contribution is 9.10. The van der Waals surface area contributed by atoms with Gasteiger partial charge in [-0.15, -0.1) is 12.4 Å². The van der Waals surface area contributed by atoms with Gasteiger partial charge in [0.05, 0.1) is 0 Å². The lowest BCUT2D eigenvalue weighted by Gasteiger charge is -2.08. The molecule has 17 heavy (non-hydrogen) atoms. The summed E-state index contributed by atoms with van der Waals surface area (Å²) in [6.45, 7) is 0.799. The van der Waals surface area contributed by atoms with Crippen LogP contribution in [0.4, 0.5) is 0 Å². The fourth-order valence-electron chi connectivity index (χ4n) is 2.11. The molecule has 94 valence electrons. The summed E-state index contributed by atoms with van der Waals surface area (Å²) in [7, 11) is 0. The maximum Gasteiger partial charge on any atom is 0.320 e. The number of carbonyl (C=O) groups is 1. The van der Waals surface area contributed by atoms with Crippen molar-refractivity contribution < 1.29 is 9.90 Å². The predicted octanol–water partition coefficient (Wildman–Crippen LogP) is 2.48. The van der Waals surface area contributed by atoms with Crippen molar-refractivity contribution in [2.45, 2.75) is 18.9 Å². The molecule has 5 heteroatoms. The monoisotopic (exact) mass is 319 g/mol. The molecule has 0 aliphatic carbocycles. The lowest BCUT2D eigenvalue weighted by molar-refractivity contribution is -0.139. The Morgan fingerprint density at radius 2 is 2.06 bits per heavy atom. The predicted molar refractivity (Wildman–Crippen MR) is 72.6 cm³/mol. The normalized spacial score (nSPS) is 23.1. The number of benzene rings is 1. The first-order chi connectivity index (χ1) is 7.65. The molecular weight excluding hydrogens is 305 g/mol. The number of carboxylic acids is 1. The van der Waals surface area contributed by atoms with Crippen molar-refractivity contribution in [3.05, 3.63) is 34.3 Å². The van der Waals surface area contributed by atoms with E-state index in [2.05, 4.69) is 33.4 Å². The van der Waals surface area contributed by atoms with Crippen LogP contribution in [0.15, 0.2) is 28.7 Å². The molecule has 1 heterocycles. The van der Waals surface area contributed by atoms with E-state index in [4.69, 9.17) is 5.11 Å². The molecule has 1 aromatic carbocycles. The van der Waals surface area contributed by atoms with Crippen LogP contribution in [-0.4, -0.2) is 23.7 Å². The summed E-state index contributed by atoms with van der Waals surface area (Å²) < 4.78 is 1.07. The van der Waals surface area contributed by atoms with Crippen LogP contribution in [0.25, 0.3) is 0 Å². The average Bonchev–Trinajstić information content (AvgIpc) is 2.70. The van der Waals surface area contributed by atoms with Gasteiger partial charge < -0.3 is 10.4 Å². The highest BCUT2D eigenvalue weighted by Gasteiger charge is 2.28. The number of nitrogens with one attached hydrogen (secondary N) is 1. The molecule has 2 N–H and O–H groups in total. The third-order valence-corrected chi connectivity index (χ3v) is 3.49. The average molecular weight is 321 g/mol. The van der Waals surface area contributed by atoms with Crippen LogP contribution in [-0.2, 0) is 11.2 Å². The molecule has 1 fully saturated rings. The zero-order chi connectivity index (χ0) is 11.5. The van der Waals surface area contributed by atoms with E-state index in [1.807, 2.05) is 12.1 Å². The molecule has 1 aromatic rings. The smallest absolute Gasteiger partial charge is 0.320 e. The number of rotatable bonds is 3. The Bertz CT molecular complexity index is 383. The fourth-order valence-corrected chi connectivity index (χ4v) is 2.37. The van der Waals surface area contributed by atoms with Crippen molar-refractivity contribution in [3.8, 4) is 0 Å². The zero-order valence-electron chi connectivity index (χ0n) is 9.23. The van der Waals surface area contributed by atoms with Gasteiger partial charge in [0.1, 0.15) is 6.04 Å². The maximum absolute atomic E-state index is 10.8. The molecule has 0 bridgehead atoms. The van der Waals surface area contributed by atoms with Gasteiger partial charge in [-0.3, -0.25) is 4.79 Å². The first-order valence-corrected chi connectivity index (χ1v) is 6.15. The van der Waals surface area contributed by atoms with Crippen molar-refractivity contribution in [2.24, 2.45) is 5.92 Å². The quantitative estimate of drug-likeness (QED) is 0.899. The van der Waals surface area contributed by atoms with E-state index in [1.165, 1.54) is 5.56 Å². The summed E-state index contributed by atoms with van der Waals surface area (Å²) in [5.41, 5.74) is 1.26. The zero-order valence-corrected chi connectivity index (χ0v) is 11.6. The van der Waals surface area contributed by atoms with Gasteiger partial charge in [0, 0.05) is 4.47 Å². The summed E-state index contributed by atoms with van der Waals surface area (Å²) in [5, 5.41) is 11.9. The van der Waals surface area contributed by atoms with Crippen LogP contribution >= 0.6 is 28.3 Å². The van der Waals surface area contributed by atoms with Gasteiger partial charge in [0.25, 0.3) is 0 Å². The van der Waals surface area contributed by atoms with Gasteiger partial charge in [-0.05, 0) is 43.0 Å². The van der Waals surface area contributed by atoms with Crippen LogP contribution in [0.3, 0.4) is 0 Å². The van der Waals surface area contributed by atoms with Gasteiger partial charge in [0.15, 0.2) is 0 Å². The first kappa shape index (κ1) is 14.5. The van der Waals surface area contributed by atoms with Crippen LogP contribution in [0, 0.1) is 5.92 Å². The van der Waals surface area contributed by atoms with Crippen LogP contribution in [0.2, 0.25) is 0 Å². The van der Waals surface area contributed by atoms with Crippen molar-refractivity contribution in [1.29, 1.82) is 0 Å². The van der Waals surface area contributed by atoms with E-state index in [0.29, 0.717) is 5.92 Å². The van der Waals surface area contributed by atoms with Crippen molar-refractivity contribution >= 4 is 34.3 Å². The largest absolute Gasteiger partial charge is 0.480 e. The second-order valence-electron chi connectivity index (χ2n) is 4.23. The number of hydrogen-bond acceptors (Lipinski definition) is 2. The third kappa shape index (κ3) is 3.98. The van der Waals surface area contributed by atoms with E-state index < -0.39 is 5.97 Å². The molecule has 0 radical (unpaired) electrons. The highest BCUT2D eigenvalue weighted by Crippen LogP contribution is 2.20. The molecule has 0 aromatic heterocycles. The maximum atomic E-state index is 10.8. The highest BCUT2D eigenvalue weighted by atomic mass is 79.9. The van der Waals surface area contributed by atoms with E-state index >= 15 is 0 Å². The molecular formula is C12H15BrClNO2. The lowest BCUT2D eigenvalue weighted by atomic mass is 9.97. The number of halogens is 2. The van der Waals surface area contributed by atoms with Crippen molar-refractivity contribution in [1.82, 2.24) is 5.32 Å². The molecule has 1 aliphatic rings. The first-order valence-electron chi connectivity index (χ1n) is 5.36. The Hall–Kier alpha value is -0.580. The topological polar surface area (TPSA) is 49.3 Å². The molecule has 0 spiro atoms. The fraction of sp³-hybridized carbons (Fsp3) is 0.417. The van der Waals surface area contributed by atoms with Crippen LogP contribution < -0.4 is 5.32 Å². The Kier molecular flexibility index (Phi) is 5.43. The minimum Gasteiger partial charge on any atom is -0.480 e. The number of hydrogen-bond donors (Lipinski definition) is 2. The summed E-state index contributed by atoms with van der Waals surface area (Å²) in [4.78, 5) is 10.8. The number of carboxylic acid groups (broad SMARTS) is 1. The minimum atomic E-state index is -0.738. The molecule has 0 amide bonds. The Balaban J connectivity index is 0.00000144. The molecule has 1 saturated heterocycles. The van der Waals surface area contributed by atoms with Gasteiger partial charge >= 0.3 is 5.97 Å². The third-order valence-electron chi connectivity index (χ3n) is 2.96. The summed E-state index contributed by atoms with van der Waals surface area (Å²) in [6.07, 6.45) is 1.68. The summed E-state index contributed by atoms with van der Waals surface area (Å²) in [6, 6.07) is 7.84. The molecule has 2 rings (SSSR count). The van der Waals surface area contributed by atoms with E-state index in [9.17, 15) is 4.79 Å². The Labute approximate surface area is 115 Å². The second kappa shape index (κ2) is 6.38. The SMILES string of the molecule is Cl.O=C(O)[C@@H]1CC(Cc2ccc(Br)cc2)CN1. The lowest BCUT2D eigenvalue weighted by Crippen LogP contribution is -2.29. The molecule has 3 nitrogen and oxygen atoms in total. The second-order valence-corrected chi connectivity index (χ2v) is 5.15. The van der Waals surface area contributed by atoms with E-state index in [0.717, 1.165) is 23.9 Å². The van der Waals surface area contributed by atoms with Gasteiger partial charge in [-0.1, -0.05) is 28.1 Å². The molecule has 1 aliphatic heterocycles. The van der Waals surface area contributed by atoms with Gasteiger partial charge in [0.2, 0.25) is 0 Å². The Morgan fingerprint density at radius 3 is 2.59 bits per heavy atom. The molecule has 0 saturated carbocycles. The summed E-state index contributed by atoms with van der Waals surface area (Å²) in [5.74, 6) is -0.305. The molecule has 1 unspecified atom stereocenters. The standard InChI is InChI=1S/C12H14BrNO2.ClH/c13-10-3-1-8(2-4-10)5-9-6-11(12(15)16)14-7-9;/h1-4,9,11,14H,5-7H2,(H,15,16);1H/t9?,11-;/m0./s1. The van der Waals surface area contributed by atoms with Crippen LogP contribution in [0.5, 0.6) is 0 Å². The van der Waals surface area contributed by atoms with Crippen molar-refractivity contribution in [3.63, 3.8) is 0 Å². The number of aliphatic carboxylic acids is 1. The van der Waals surface area contributed by atoms with E-state index in [-0.39, 0.29) is 18.4 Å². The van der Waals surface area contributed by atoms with Crippen LogP contribution in [0.1, 0.15) is 12.0 Å². The van der Waals surface area contributed by atoms with Crippen molar-refractivity contribution in [2.75, 3.05) is 6.54 Å². The van der Waals surface area contributed by atoms with Gasteiger partial charge in [-0.25, -0.2) is 0 Å². The summed E-state index contributed by atoms with van der Waals surface area (Å²) >= 11 is 3.40. The Morgan fingerprint density at radius 1 is 1.41 bits per heavy atom. The minimum absolute atomic E-state index is 0. The van der Waals surface area contributed by atoms with Gasteiger partial charge in [-0.2, -0.15) is 0 Å².